The summed E-state index contributed by atoms with van der Waals surface area (Å²) >= 11 is 0. The van der Waals surface area contributed by atoms with Crippen LogP contribution in [0.5, 0.6) is 11.5 Å². The number of para-hydroxylation sites is 2. The summed E-state index contributed by atoms with van der Waals surface area (Å²) in [5.41, 5.74) is 20.2. The molecule has 4 aliphatic carbocycles. The molecule has 11 aromatic carbocycles. The molecule has 5 N–H and O–H groups in total. The molecule has 0 spiro atoms. The van der Waals surface area contributed by atoms with Gasteiger partial charge in [0, 0.05) is 60.2 Å². The smallest absolute Gasteiger partial charge is 0.418 e. The topological polar surface area (TPSA) is 198 Å². The summed E-state index contributed by atoms with van der Waals surface area (Å²) < 4.78 is 65.7. The van der Waals surface area contributed by atoms with Crippen LogP contribution in [-0.4, -0.2) is 78.9 Å². The fourth-order valence-electron chi connectivity index (χ4n) is 22.1. The number of fused-ring (bicyclic) bond motifs is 4. The summed E-state index contributed by atoms with van der Waals surface area (Å²) in [5, 5.41) is 21.9. The molecule has 4 fully saturated rings. The lowest BCUT2D eigenvalue weighted by molar-refractivity contribution is -0.137. The minimum absolute atomic E-state index is 0.0861. The second kappa shape index (κ2) is 46.3. The van der Waals surface area contributed by atoms with E-state index in [-0.39, 0.29) is 30.7 Å². The molecule has 2 atom stereocenters. The van der Waals surface area contributed by atoms with Crippen molar-refractivity contribution < 1.29 is 56.1 Å². The van der Waals surface area contributed by atoms with Crippen molar-refractivity contribution in [3.8, 4) is 56.0 Å². The first kappa shape index (κ1) is 99.2. The number of aliphatic hydroxyl groups is 1. The highest BCUT2D eigenvalue weighted by Gasteiger charge is 2.38. The average molecular weight is 1900 g/mol. The molecule has 12 aromatic rings. The quantitative estimate of drug-likeness (QED) is 0.0551. The minimum atomic E-state index is -4.82. The maximum absolute atomic E-state index is 13.5. The van der Waals surface area contributed by atoms with Crippen molar-refractivity contribution in [2.24, 2.45) is 23.7 Å². The van der Waals surface area contributed by atoms with E-state index in [1.54, 1.807) is 42.1 Å². The number of pyridine rings is 1. The summed E-state index contributed by atoms with van der Waals surface area (Å²) in [7, 11) is 0. The number of urea groups is 4. The second-order valence-electron chi connectivity index (χ2n) is 39.6. The van der Waals surface area contributed by atoms with Crippen molar-refractivity contribution in [1.82, 2.24) is 4.98 Å². The Morgan fingerprint density at radius 3 is 1.24 bits per heavy atom. The number of carbonyl (C=O) groups is 5. The van der Waals surface area contributed by atoms with Gasteiger partial charge in [0.1, 0.15) is 35.8 Å². The fourth-order valence-corrected chi connectivity index (χ4v) is 22.1. The van der Waals surface area contributed by atoms with Gasteiger partial charge in [-0.05, 0) is 359 Å². The summed E-state index contributed by atoms with van der Waals surface area (Å²) in [5.74, 6) is 6.31. The number of Topliss-reactive ketones (excluding diaryl/α,β-unsaturated/α-hetero) is 1. The third kappa shape index (κ3) is 25.0. The van der Waals surface area contributed by atoms with Gasteiger partial charge >= 0.3 is 30.3 Å². The van der Waals surface area contributed by atoms with Crippen molar-refractivity contribution in [2.75, 3.05) is 73.7 Å². The van der Waals surface area contributed by atoms with Crippen LogP contribution in [0.3, 0.4) is 0 Å². The zero-order chi connectivity index (χ0) is 98.0. The van der Waals surface area contributed by atoms with Crippen LogP contribution < -0.4 is 50.3 Å². The first-order chi connectivity index (χ1) is 68.5. The number of ketones is 1. The first-order valence-electron chi connectivity index (χ1n) is 51.2. The zero-order valence-corrected chi connectivity index (χ0v) is 81.6. The number of aryl methyl sites for hydroxylation is 1. The van der Waals surface area contributed by atoms with Crippen molar-refractivity contribution in [3.63, 3.8) is 0 Å². The lowest BCUT2D eigenvalue weighted by atomic mass is 9.77. The van der Waals surface area contributed by atoms with E-state index in [1.165, 1.54) is 140 Å². The van der Waals surface area contributed by atoms with Crippen molar-refractivity contribution in [2.45, 2.75) is 224 Å². The molecule has 2 unspecified atom stereocenters. The van der Waals surface area contributed by atoms with Crippen molar-refractivity contribution >= 4 is 75.4 Å². The Hall–Kier alpha value is -13.4. The van der Waals surface area contributed by atoms with Crippen LogP contribution in [0.4, 0.5) is 82.2 Å². The van der Waals surface area contributed by atoms with E-state index in [1.807, 2.05) is 114 Å². The molecule has 20 rings (SSSR count). The normalized spacial score (nSPS) is 20.8. The summed E-state index contributed by atoms with van der Waals surface area (Å²) in [6.45, 7) is 12.7. The number of carbonyl (C=O) groups excluding carboxylic acids is 5. The molecule has 8 amide bonds. The van der Waals surface area contributed by atoms with Crippen molar-refractivity contribution in [1.29, 1.82) is 0 Å². The number of amides is 8. The van der Waals surface area contributed by atoms with Crippen LogP contribution in [0.25, 0.3) is 44.5 Å². The van der Waals surface area contributed by atoms with Crippen LogP contribution >= 0.6 is 0 Å². The first-order valence-corrected chi connectivity index (χ1v) is 51.2. The van der Waals surface area contributed by atoms with E-state index in [9.17, 15) is 46.6 Å². The Morgan fingerprint density at radius 1 is 0.397 bits per heavy atom. The highest BCUT2D eigenvalue weighted by molar-refractivity contribution is 6.06. The summed E-state index contributed by atoms with van der Waals surface area (Å²) in [6, 6.07) is 83.3. The molecular weight excluding hydrogens is 1770 g/mol. The highest BCUT2D eigenvalue weighted by atomic mass is 19.4. The van der Waals surface area contributed by atoms with E-state index in [4.69, 9.17) is 9.47 Å². The van der Waals surface area contributed by atoms with Gasteiger partial charge in [-0.15, -0.1) is 0 Å². The lowest BCUT2D eigenvalue weighted by Crippen LogP contribution is -2.44. The molecule has 4 aliphatic heterocycles. The van der Waals surface area contributed by atoms with Crippen LogP contribution in [-0.2, 0) is 17.4 Å². The van der Waals surface area contributed by atoms with Crippen LogP contribution in [0.1, 0.15) is 245 Å². The monoisotopic (exact) mass is 1900 g/mol. The number of anilines is 8. The fraction of sp³-hybridized carbons (Fsp3) is 0.367. The molecule has 4 saturated carbocycles. The predicted octanol–water partition coefficient (Wildman–Crippen LogP) is 31.0. The van der Waals surface area contributed by atoms with E-state index in [2.05, 4.69) is 174 Å². The van der Waals surface area contributed by atoms with Crippen LogP contribution in [0.15, 0.2) is 273 Å². The molecule has 732 valence electrons. The largest absolute Gasteiger partial charge is 0.490 e. The Labute approximate surface area is 827 Å². The Balaban J connectivity index is 0.000000130. The number of benzene rings is 11. The second-order valence-corrected chi connectivity index (χ2v) is 39.6. The lowest BCUT2D eigenvalue weighted by Gasteiger charge is -2.34. The molecule has 0 radical (unpaired) electrons. The molecule has 8 aliphatic rings. The Morgan fingerprint density at radius 2 is 0.787 bits per heavy atom. The number of rotatable bonds is 17. The number of hydrogen-bond donors (Lipinski definition) is 5. The number of aromatic nitrogens is 1. The minimum Gasteiger partial charge on any atom is -0.490 e. The van der Waals surface area contributed by atoms with E-state index >= 15 is 0 Å². The average Bonchev–Trinajstić information content (AvgIpc) is 0.796. The van der Waals surface area contributed by atoms with Gasteiger partial charge in [0.25, 0.3) is 0 Å². The zero-order valence-electron chi connectivity index (χ0n) is 81.6. The summed E-state index contributed by atoms with van der Waals surface area (Å²) in [6.07, 6.45) is 25.0. The Bertz CT molecular complexity index is 6240. The van der Waals surface area contributed by atoms with Gasteiger partial charge in [-0.1, -0.05) is 198 Å². The van der Waals surface area contributed by atoms with Gasteiger partial charge in [-0.3, -0.25) is 24.6 Å². The number of alkyl halides is 3. The number of nitrogens with one attached hydrogen (secondary N) is 4. The number of aliphatic hydroxyl groups excluding tert-OH is 1. The molecule has 141 heavy (non-hydrogen) atoms. The van der Waals surface area contributed by atoms with Gasteiger partial charge in [0.05, 0.1) is 47.5 Å². The summed E-state index contributed by atoms with van der Waals surface area (Å²) in [4.78, 5) is 74.0. The van der Waals surface area contributed by atoms with Gasteiger partial charge in [0.15, 0.2) is 0 Å². The highest BCUT2D eigenvalue weighted by Crippen LogP contribution is 2.48. The maximum atomic E-state index is 13.5. The predicted molar refractivity (Wildman–Crippen MR) is 560 cm³/mol. The molecule has 5 heterocycles. The van der Waals surface area contributed by atoms with Crippen LogP contribution in [0, 0.1) is 29.5 Å². The number of nitrogens with zero attached hydrogens (tertiary/aromatic N) is 5. The van der Waals surface area contributed by atoms with Gasteiger partial charge < -0.3 is 40.6 Å². The number of hydrogen-bond acceptors (Lipinski definition) is 9. The van der Waals surface area contributed by atoms with Crippen molar-refractivity contribution in [3.05, 3.63) is 318 Å². The van der Waals surface area contributed by atoms with Gasteiger partial charge in [0.2, 0.25) is 0 Å². The molecule has 17 nitrogen and oxygen atoms in total. The third-order valence-corrected chi connectivity index (χ3v) is 30.4. The van der Waals surface area contributed by atoms with E-state index < -0.39 is 35.4 Å². The molecule has 0 saturated heterocycles. The molecular formula is C120H131F4N9O8. The van der Waals surface area contributed by atoms with Crippen LogP contribution in [0.2, 0.25) is 0 Å². The molecule has 0 bridgehead atoms. The standard InChI is InChI=1S/C31H32F4N2O2.C30H32N2O3.C30H34N2O2.C29H33N3O/c1-3-20-4-6-21(7-5-20)22-8-10-23(11-9-22)24-12-15-28-29(16-24)39-19(2)18-37(28)30(38)36-27-14-13-25(32)17-26(27)31(33,34)35;1-21(33)19-22-7-9-23(10-8-22)24-11-13-25(14-12-24)26-15-16-28-29(20-26)35-18-17-32(28)30(34)31-27-5-3-2-4-6-27;1-2-21-8-10-22(11-9-21)23-12-14-24(15-13-23)25-16-17-28-27(20-25)29(33)18-19-32(28)30(34)31-26-6-4-3-5-7-26;1-2-21-5-7-22(8-6-21)23-9-11-24(12-10-23)25-13-14-28-26(20-25)4-3-19-32(28)29(33)31-27-15-17-30-18-16-27/h8-17,19-21H,3-7,18H2,1-2H3,(H,36,38);2-6,11-16,20,22-23H,7-10,17-19H2,1H3,(H,31,34);3-7,12-17,20-22,29,33H,2,8-11,18-19H2,1H3,(H,31,34);9-18,20-22H,2-8,19H2,1H3,(H,30,31,33). The third-order valence-electron chi connectivity index (χ3n) is 30.4. The van der Waals surface area contributed by atoms with E-state index in [0.29, 0.717) is 73.1 Å². The Kier molecular flexibility index (Phi) is 32.6. The number of ether oxygens (including phenoxy) is 2. The maximum Gasteiger partial charge on any atom is 0.418 e. The molecule has 21 heteroatoms. The number of halogens is 4. The molecule has 1 aromatic heterocycles. The van der Waals surface area contributed by atoms with E-state index in [0.717, 1.165) is 166 Å². The SMILES string of the molecule is CC(=O)CC1CCC(c2ccc(-c3ccc4c(c3)OCCN4C(=O)Nc3ccccc3)cc2)CC1.CCC1CCC(c2ccc(-c3ccc4c(c3)C(O)CCN4C(=O)Nc3ccccc3)cc2)CC1.CCC1CCC(c2ccc(-c3ccc4c(c3)CCCN4C(=O)Nc3ccncc3)cc2)CC1.CCC1CCC(c2ccc(-c3ccc4c(c3)OC(C)CN4C(=O)Nc3ccc(F)cc3C(F)(F)F)cc2)CC1. The van der Waals surface area contributed by atoms with Gasteiger partial charge in [-0.25, -0.2) is 23.6 Å². The van der Waals surface area contributed by atoms with Gasteiger partial charge in [-0.2, -0.15) is 13.2 Å².